The van der Waals surface area contributed by atoms with Crippen LogP contribution in [0.3, 0.4) is 0 Å². The molecule has 0 saturated heterocycles. The van der Waals surface area contributed by atoms with Gasteiger partial charge in [-0.15, -0.1) is 0 Å². The van der Waals surface area contributed by atoms with Gasteiger partial charge in [-0.05, 0) is 25.8 Å². The Morgan fingerprint density at radius 1 is 1.31 bits per heavy atom. The molecule has 0 bridgehead atoms. The number of benzene rings is 1. The summed E-state index contributed by atoms with van der Waals surface area (Å²) < 4.78 is 0. The van der Waals surface area contributed by atoms with Crippen LogP contribution in [-0.2, 0) is 11.2 Å². The van der Waals surface area contributed by atoms with Crippen molar-refractivity contribution in [1.82, 2.24) is 0 Å². The maximum Gasteiger partial charge on any atom is 0.132 e. The average molecular weight is 176 g/mol. The van der Waals surface area contributed by atoms with Gasteiger partial charge in [0.15, 0.2) is 0 Å². The van der Waals surface area contributed by atoms with Crippen molar-refractivity contribution in [2.45, 2.75) is 27.2 Å². The molecular formula is C12H16O. The van der Waals surface area contributed by atoms with Crippen molar-refractivity contribution in [3.63, 3.8) is 0 Å². The Labute approximate surface area is 79.8 Å². The third-order valence-electron chi connectivity index (χ3n) is 2.36. The summed E-state index contributed by atoms with van der Waals surface area (Å²) in [7, 11) is 0. The molecule has 0 aromatic heterocycles. The van der Waals surface area contributed by atoms with Crippen molar-refractivity contribution in [2.24, 2.45) is 5.92 Å². The SMILES string of the molecule is CC(=O)C(C)Cc1ccc(C)cc1. The summed E-state index contributed by atoms with van der Waals surface area (Å²) in [6.07, 6.45) is 0.857. The van der Waals surface area contributed by atoms with Crippen LogP contribution in [0, 0.1) is 12.8 Å². The predicted octanol–water partition coefficient (Wildman–Crippen LogP) is 2.76. The van der Waals surface area contributed by atoms with Crippen LogP contribution < -0.4 is 0 Å². The minimum atomic E-state index is 0.141. The quantitative estimate of drug-likeness (QED) is 0.692. The molecule has 1 heteroatoms. The first-order chi connectivity index (χ1) is 6.09. The highest BCUT2D eigenvalue weighted by molar-refractivity contribution is 5.78. The maximum atomic E-state index is 11.0. The van der Waals surface area contributed by atoms with Crippen molar-refractivity contribution in [1.29, 1.82) is 0 Å². The first-order valence-electron chi connectivity index (χ1n) is 4.65. The Kier molecular flexibility index (Phi) is 3.24. The molecule has 0 aliphatic rings. The van der Waals surface area contributed by atoms with Crippen molar-refractivity contribution in [2.75, 3.05) is 0 Å². The highest BCUT2D eigenvalue weighted by Gasteiger charge is 2.07. The van der Waals surface area contributed by atoms with E-state index in [2.05, 4.69) is 31.2 Å². The second-order valence-electron chi connectivity index (χ2n) is 3.70. The van der Waals surface area contributed by atoms with Crippen LogP contribution in [0.15, 0.2) is 24.3 Å². The van der Waals surface area contributed by atoms with Crippen molar-refractivity contribution in [3.8, 4) is 0 Å². The summed E-state index contributed by atoms with van der Waals surface area (Å²) in [5.41, 5.74) is 2.51. The fraction of sp³-hybridized carbons (Fsp3) is 0.417. The molecule has 0 saturated carbocycles. The number of carbonyl (C=O) groups excluding carboxylic acids is 1. The molecule has 1 aromatic carbocycles. The molecule has 0 aliphatic carbocycles. The van der Waals surface area contributed by atoms with Crippen LogP contribution >= 0.6 is 0 Å². The van der Waals surface area contributed by atoms with Gasteiger partial charge in [0.1, 0.15) is 5.78 Å². The number of carbonyl (C=O) groups is 1. The van der Waals surface area contributed by atoms with Crippen molar-refractivity contribution >= 4 is 5.78 Å². The van der Waals surface area contributed by atoms with E-state index in [4.69, 9.17) is 0 Å². The first-order valence-corrected chi connectivity index (χ1v) is 4.65. The zero-order valence-corrected chi connectivity index (χ0v) is 8.50. The largest absolute Gasteiger partial charge is 0.300 e. The normalized spacial score (nSPS) is 12.5. The van der Waals surface area contributed by atoms with Gasteiger partial charge < -0.3 is 0 Å². The van der Waals surface area contributed by atoms with Crippen LogP contribution in [0.1, 0.15) is 25.0 Å². The summed E-state index contributed by atoms with van der Waals surface area (Å²) in [6, 6.07) is 8.36. The summed E-state index contributed by atoms with van der Waals surface area (Å²) in [5.74, 6) is 0.406. The topological polar surface area (TPSA) is 17.1 Å². The molecule has 1 aromatic rings. The molecule has 0 radical (unpaired) electrons. The van der Waals surface area contributed by atoms with E-state index in [9.17, 15) is 4.79 Å². The van der Waals surface area contributed by atoms with Crippen LogP contribution in [0.2, 0.25) is 0 Å². The predicted molar refractivity (Wildman–Crippen MR) is 54.7 cm³/mol. The highest BCUT2D eigenvalue weighted by Crippen LogP contribution is 2.10. The van der Waals surface area contributed by atoms with Crippen molar-refractivity contribution in [3.05, 3.63) is 35.4 Å². The fourth-order valence-electron chi connectivity index (χ4n) is 1.22. The van der Waals surface area contributed by atoms with Crippen LogP contribution in [0.5, 0.6) is 0 Å². The smallest absolute Gasteiger partial charge is 0.132 e. The average Bonchev–Trinajstić information content (AvgIpc) is 2.08. The van der Waals surface area contributed by atoms with E-state index in [0.29, 0.717) is 0 Å². The van der Waals surface area contributed by atoms with Gasteiger partial charge in [-0.3, -0.25) is 4.79 Å². The first kappa shape index (κ1) is 9.97. The number of ketones is 1. The van der Waals surface area contributed by atoms with Gasteiger partial charge in [-0.25, -0.2) is 0 Å². The van der Waals surface area contributed by atoms with Crippen LogP contribution in [0.4, 0.5) is 0 Å². The van der Waals surface area contributed by atoms with E-state index in [-0.39, 0.29) is 11.7 Å². The van der Waals surface area contributed by atoms with Gasteiger partial charge in [0.05, 0.1) is 0 Å². The summed E-state index contributed by atoms with van der Waals surface area (Å²) in [5, 5.41) is 0. The Balaban J connectivity index is 2.64. The molecule has 1 rings (SSSR count). The molecule has 0 spiro atoms. The number of hydrogen-bond acceptors (Lipinski definition) is 1. The summed E-state index contributed by atoms with van der Waals surface area (Å²) in [4.78, 5) is 11.0. The van der Waals surface area contributed by atoms with E-state index in [1.807, 2.05) is 6.92 Å². The second-order valence-corrected chi connectivity index (χ2v) is 3.70. The minimum Gasteiger partial charge on any atom is -0.300 e. The Morgan fingerprint density at radius 2 is 1.85 bits per heavy atom. The molecular weight excluding hydrogens is 160 g/mol. The van der Waals surface area contributed by atoms with Gasteiger partial charge >= 0.3 is 0 Å². The molecule has 0 aliphatic heterocycles. The zero-order valence-electron chi connectivity index (χ0n) is 8.50. The molecule has 0 N–H and O–H groups in total. The zero-order chi connectivity index (χ0) is 9.84. The standard InChI is InChI=1S/C12H16O/c1-9-4-6-12(7-5-9)8-10(2)11(3)13/h4-7,10H,8H2,1-3H3. The summed E-state index contributed by atoms with van der Waals surface area (Å²) in [6.45, 7) is 5.69. The number of Topliss-reactive ketones (excluding diaryl/α,β-unsaturated/α-hetero) is 1. The molecule has 0 heterocycles. The lowest BCUT2D eigenvalue weighted by Gasteiger charge is -2.07. The fourth-order valence-corrected chi connectivity index (χ4v) is 1.22. The van der Waals surface area contributed by atoms with Gasteiger partial charge in [-0.1, -0.05) is 36.8 Å². The molecule has 0 amide bonds. The monoisotopic (exact) mass is 176 g/mol. The molecule has 13 heavy (non-hydrogen) atoms. The maximum absolute atomic E-state index is 11.0. The molecule has 1 unspecified atom stereocenters. The number of rotatable bonds is 3. The molecule has 0 fully saturated rings. The Bertz CT molecular complexity index is 284. The molecule has 1 atom stereocenters. The number of hydrogen-bond donors (Lipinski definition) is 0. The van der Waals surface area contributed by atoms with E-state index >= 15 is 0 Å². The summed E-state index contributed by atoms with van der Waals surface area (Å²) >= 11 is 0. The highest BCUT2D eigenvalue weighted by atomic mass is 16.1. The van der Waals surface area contributed by atoms with E-state index in [0.717, 1.165) is 6.42 Å². The van der Waals surface area contributed by atoms with Crippen molar-refractivity contribution < 1.29 is 4.79 Å². The van der Waals surface area contributed by atoms with Gasteiger partial charge in [-0.2, -0.15) is 0 Å². The second kappa shape index (κ2) is 4.22. The van der Waals surface area contributed by atoms with E-state index in [1.165, 1.54) is 11.1 Å². The number of aryl methyl sites for hydroxylation is 1. The van der Waals surface area contributed by atoms with Gasteiger partial charge in [0.2, 0.25) is 0 Å². The molecule has 1 nitrogen and oxygen atoms in total. The van der Waals surface area contributed by atoms with E-state index in [1.54, 1.807) is 6.92 Å². The van der Waals surface area contributed by atoms with Gasteiger partial charge in [0.25, 0.3) is 0 Å². The Hall–Kier alpha value is -1.11. The lowest BCUT2D eigenvalue weighted by molar-refractivity contribution is -0.120. The van der Waals surface area contributed by atoms with Gasteiger partial charge in [0, 0.05) is 5.92 Å². The van der Waals surface area contributed by atoms with E-state index < -0.39 is 0 Å². The lowest BCUT2D eigenvalue weighted by atomic mass is 9.97. The molecule has 70 valence electrons. The third-order valence-corrected chi connectivity index (χ3v) is 2.36. The lowest BCUT2D eigenvalue weighted by Crippen LogP contribution is -2.09. The van der Waals surface area contributed by atoms with Crippen LogP contribution in [-0.4, -0.2) is 5.78 Å². The van der Waals surface area contributed by atoms with Crippen LogP contribution in [0.25, 0.3) is 0 Å². The third kappa shape index (κ3) is 3.02. The Morgan fingerprint density at radius 3 is 2.31 bits per heavy atom. The minimum absolute atomic E-state index is 0.141.